The lowest BCUT2D eigenvalue weighted by molar-refractivity contribution is 0.818. The largest absolute Gasteiger partial charge is 0.384 e. The number of nitrogen functional groups attached to an aromatic ring is 1. The van der Waals surface area contributed by atoms with E-state index in [1.54, 1.807) is 0 Å². The number of hydrogen-bond acceptors (Lipinski definition) is 3. The Morgan fingerprint density at radius 2 is 1.72 bits per heavy atom. The summed E-state index contributed by atoms with van der Waals surface area (Å²) in [7, 11) is 0. The molecule has 3 heteroatoms. The van der Waals surface area contributed by atoms with Gasteiger partial charge in [-0.3, -0.25) is 0 Å². The zero-order valence-corrected chi connectivity index (χ0v) is 11.4. The summed E-state index contributed by atoms with van der Waals surface area (Å²) in [4.78, 5) is 8.91. The molecule has 0 saturated carbocycles. The number of hydrogen-bond donors (Lipinski definition) is 1. The van der Waals surface area contributed by atoms with Crippen LogP contribution in [0.15, 0.2) is 24.3 Å². The van der Waals surface area contributed by atoms with Gasteiger partial charge in [-0.15, -0.1) is 0 Å². The van der Waals surface area contributed by atoms with Gasteiger partial charge in [-0.05, 0) is 37.0 Å². The standard InChI is InChI=1S/C15H19N3/c1-9(2)13-8-14(16)18-15(17-13)12-6-5-10(3)11(4)7-12/h5-9H,1-4H3,(H2,16,17,18). The van der Waals surface area contributed by atoms with E-state index in [0.717, 1.165) is 11.3 Å². The molecule has 0 aliphatic carbocycles. The number of nitrogens with two attached hydrogens (primary N) is 1. The number of aromatic nitrogens is 2. The maximum Gasteiger partial charge on any atom is 0.161 e. The van der Waals surface area contributed by atoms with Gasteiger partial charge in [-0.25, -0.2) is 9.97 Å². The Balaban J connectivity index is 2.53. The van der Waals surface area contributed by atoms with Crippen LogP contribution in [0.25, 0.3) is 11.4 Å². The first kappa shape index (κ1) is 12.6. The van der Waals surface area contributed by atoms with Crippen LogP contribution in [0.3, 0.4) is 0 Å². The van der Waals surface area contributed by atoms with Gasteiger partial charge in [0.25, 0.3) is 0 Å². The van der Waals surface area contributed by atoms with Gasteiger partial charge in [0, 0.05) is 17.3 Å². The van der Waals surface area contributed by atoms with Crippen LogP contribution in [0.2, 0.25) is 0 Å². The second-order valence-corrected chi connectivity index (χ2v) is 5.00. The highest BCUT2D eigenvalue weighted by atomic mass is 14.9. The normalized spacial score (nSPS) is 10.9. The molecule has 0 amide bonds. The first-order chi connectivity index (χ1) is 8.47. The molecule has 1 aromatic heterocycles. The average Bonchev–Trinajstić information content (AvgIpc) is 2.31. The zero-order chi connectivity index (χ0) is 13.3. The molecule has 0 unspecified atom stereocenters. The highest BCUT2D eigenvalue weighted by molar-refractivity contribution is 5.59. The van der Waals surface area contributed by atoms with Crippen molar-refractivity contribution in [1.29, 1.82) is 0 Å². The maximum absolute atomic E-state index is 5.85. The van der Waals surface area contributed by atoms with Gasteiger partial charge in [0.15, 0.2) is 5.82 Å². The Bertz CT molecular complexity index is 574. The van der Waals surface area contributed by atoms with Crippen molar-refractivity contribution in [2.45, 2.75) is 33.6 Å². The quantitative estimate of drug-likeness (QED) is 0.876. The van der Waals surface area contributed by atoms with Crippen LogP contribution < -0.4 is 5.73 Å². The number of nitrogens with zero attached hydrogens (tertiary/aromatic N) is 2. The fraction of sp³-hybridized carbons (Fsp3) is 0.333. The molecule has 3 nitrogen and oxygen atoms in total. The molecule has 0 radical (unpaired) electrons. The third-order valence-electron chi connectivity index (χ3n) is 3.12. The van der Waals surface area contributed by atoms with Crippen molar-refractivity contribution in [3.63, 3.8) is 0 Å². The first-order valence-electron chi connectivity index (χ1n) is 6.19. The molecule has 0 atom stereocenters. The van der Waals surface area contributed by atoms with E-state index in [1.807, 2.05) is 12.1 Å². The van der Waals surface area contributed by atoms with Crippen molar-refractivity contribution in [3.05, 3.63) is 41.1 Å². The predicted molar refractivity (Wildman–Crippen MR) is 75.4 cm³/mol. The number of aryl methyl sites for hydroxylation is 2. The van der Waals surface area contributed by atoms with E-state index in [2.05, 4.69) is 49.8 Å². The zero-order valence-electron chi connectivity index (χ0n) is 11.4. The Kier molecular flexibility index (Phi) is 3.32. The fourth-order valence-corrected chi connectivity index (χ4v) is 1.79. The van der Waals surface area contributed by atoms with E-state index in [9.17, 15) is 0 Å². The number of benzene rings is 1. The summed E-state index contributed by atoms with van der Waals surface area (Å²) >= 11 is 0. The molecule has 1 aromatic carbocycles. The summed E-state index contributed by atoms with van der Waals surface area (Å²) in [6.45, 7) is 8.39. The SMILES string of the molecule is Cc1ccc(-c2nc(N)cc(C(C)C)n2)cc1C. The lowest BCUT2D eigenvalue weighted by Crippen LogP contribution is -2.02. The molecule has 2 N–H and O–H groups in total. The molecule has 2 rings (SSSR count). The van der Waals surface area contributed by atoms with Crippen molar-refractivity contribution in [1.82, 2.24) is 9.97 Å². The van der Waals surface area contributed by atoms with Gasteiger partial charge in [-0.1, -0.05) is 26.0 Å². The molecule has 0 saturated heterocycles. The molecular weight excluding hydrogens is 222 g/mol. The van der Waals surface area contributed by atoms with Gasteiger partial charge in [0.05, 0.1) is 0 Å². The summed E-state index contributed by atoms with van der Waals surface area (Å²) in [5.74, 6) is 1.59. The number of anilines is 1. The summed E-state index contributed by atoms with van der Waals surface area (Å²) in [6, 6.07) is 8.08. The van der Waals surface area contributed by atoms with Crippen LogP contribution >= 0.6 is 0 Å². The van der Waals surface area contributed by atoms with Gasteiger partial charge in [0.1, 0.15) is 5.82 Å². The van der Waals surface area contributed by atoms with Gasteiger partial charge < -0.3 is 5.73 Å². The lowest BCUT2D eigenvalue weighted by atomic mass is 10.1. The summed E-state index contributed by atoms with van der Waals surface area (Å²) in [5.41, 5.74) is 10.4. The fourth-order valence-electron chi connectivity index (χ4n) is 1.79. The molecular formula is C15H19N3. The molecule has 94 valence electrons. The molecule has 0 bridgehead atoms. The van der Waals surface area contributed by atoms with E-state index < -0.39 is 0 Å². The minimum Gasteiger partial charge on any atom is -0.384 e. The van der Waals surface area contributed by atoms with Crippen LogP contribution in [0.5, 0.6) is 0 Å². The Morgan fingerprint density at radius 3 is 2.33 bits per heavy atom. The van der Waals surface area contributed by atoms with Crippen LogP contribution in [0, 0.1) is 13.8 Å². The summed E-state index contributed by atoms with van der Waals surface area (Å²) in [6.07, 6.45) is 0. The second-order valence-electron chi connectivity index (χ2n) is 5.00. The van der Waals surface area contributed by atoms with Crippen LogP contribution in [0.1, 0.15) is 36.6 Å². The molecule has 0 fully saturated rings. The molecule has 2 aromatic rings. The topological polar surface area (TPSA) is 51.8 Å². The molecule has 0 spiro atoms. The van der Waals surface area contributed by atoms with E-state index in [4.69, 9.17) is 5.73 Å². The van der Waals surface area contributed by atoms with Crippen molar-refractivity contribution in [3.8, 4) is 11.4 Å². The van der Waals surface area contributed by atoms with Crippen LogP contribution in [-0.2, 0) is 0 Å². The smallest absolute Gasteiger partial charge is 0.161 e. The predicted octanol–water partition coefficient (Wildman–Crippen LogP) is 3.47. The van der Waals surface area contributed by atoms with E-state index in [0.29, 0.717) is 17.6 Å². The monoisotopic (exact) mass is 241 g/mol. The molecule has 0 aliphatic rings. The van der Waals surface area contributed by atoms with Gasteiger partial charge in [-0.2, -0.15) is 0 Å². The highest BCUT2D eigenvalue weighted by Gasteiger charge is 2.08. The van der Waals surface area contributed by atoms with Crippen molar-refractivity contribution in [2.24, 2.45) is 0 Å². The lowest BCUT2D eigenvalue weighted by Gasteiger charge is -2.09. The Morgan fingerprint density at radius 1 is 1.00 bits per heavy atom. The minimum absolute atomic E-state index is 0.348. The maximum atomic E-state index is 5.85. The van der Waals surface area contributed by atoms with E-state index in [-0.39, 0.29) is 0 Å². The van der Waals surface area contributed by atoms with Crippen LogP contribution in [-0.4, -0.2) is 9.97 Å². The summed E-state index contributed by atoms with van der Waals surface area (Å²) < 4.78 is 0. The van der Waals surface area contributed by atoms with Crippen molar-refractivity contribution in [2.75, 3.05) is 5.73 Å². The van der Waals surface area contributed by atoms with Crippen molar-refractivity contribution < 1.29 is 0 Å². The minimum atomic E-state index is 0.348. The molecule has 18 heavy (non-hydrogen) atoms. The molecule has 0 aliphatic heterocycles. The van der Waals surface area contributed by atoms with E-state index >= 15 is 0 Å². The second kappa shape index (κ2) is 4.77. The molecule has 1 heterocycles. The van der Waals surface area contributed by atoms with Crippen molar-refractivity contribution >= 4 is 5.82 Å². The highest BCUT2D eigenvalue weighted by Crippen LogP contribution is 2.22. The van der Waals surface area contributed by atoms with Gasteiger partial charge >= 0.3 is 0 Å². The van der Waals surface area contributed by atoms with Crippen LogP contribution in [0.4, 0.5) is 5.82 Å². The summed E-state index contributed by atoms with van der Waals surface area (Å²) in [5, 5.41) is 0. The van der Waals surface area contributed by atoms with E-state index in [1.165, 1.54) is 11.1 Å². The number of rotatable bonds is 2. The first-order valence-corrected chi connectivity index (χ1v) is 6.19. The third-order valence-corrected chi connectivity index (χ3v) is 3.12. The Hall–Kier alpha value is -1.90. The third kappa shape index (κ3) is 2.50. The van der Waals surface area contributed by atoms with Gasteiger partial charge in [0.2, 0.25) is 0 Å². The Labute approximate surface area is 108 Å². The average molecular weight is 241 g/mol.